The Morgan fingerprint density at radius 1 is 1.10 bits per heavy atom. The monoisotopic (exact) mass is 418 g/mol. The number of amides is 1. The molecule has 2 aromatic carbocycles. The summed E-state index contributed by atoms with van der Waals surface area (Å²) in [6.07, 6.45) is 1.14. The second-order valence-corrected chi connectivity index (χ2v) is 10.1. The largest absolute Gasteiger partial charge is 0.492 e. The molecule has 0 aliphatic heterocycles. The van der Waals surface area contributed by atoms with Crippen LogP contribution in [0.3, 0.4) is 0 Å². The summed E-state index contributed by atoms with van der Waals surface area (Å²) in [4.78, 5) is 12.3. The molecule has 0 fully saturated rings. The van der Waals surface area contributed by atoms with Crippen molar-refractivity contribution in [3.8, 4) is 5.75 Å². The molecule has 0 unspecified atom stereocenters. The van der Waals surface area contributed by atoms with Gasteiger partial charge in [-0.3, -0.25) is 9.10 Å². The molecule has 2 aromatic rings. The predicted octanol–water partition coefficient (Wildman–Crippen LogP) is 3.50. The van der Waals surface area contributed by atoms with Crippen molar-refractivity contribution in [1.82, 2.24) is 5.32 Å². The molecule has 0 atom stereocenters. The number of benzene rings is 2. The number of rotatable bonds is 7. The molecule has 0 aromatic heterocycles. The first kappa shape index (κ1) is 22.7. The minimum absolute atomic E-state index is 0.0936. The van der Waals surface area contributed by atoms with Crippen LogP contribution in [0.1, 0.15) is 42.3 Å². The van der Waals surface area contributed by atoms with Crippen LogP contribution < -0.4 is 14.4 Å². The molecular weight excluding hydrogens is 388 g/mol. The van der Waals surface area contributed by atoms with E-state index < -0.39 is 10.0 Å². The fraction of sp³-hybridized carbons (Fsp3) is 0.409. The van der Waals surface area contributed by atoms with E-state index in [9.17, 15) is 13.2 Å². The zero-order valence-electron chi connectivity index (χ0n) is 17.9. The average Bonchev–Trinajstić information content (AvgIpc) is 2.63. The summed E-state index contributed by atoms with van der Waals surface area (Å²) in [6.45, 7) is 8.97. The summed E-state index contributed by atoms with van der Waals surface area (Å²) >= 11 is 0. The van der Waals surface area contributed by atoms with Crippen molar-refractivity contribution in [2.45, 2.75) is 33.1 Å². The topological polar surface area (TPSA) is 75.7 Å². The van der Waals surface area contributed by atoms with Crippen molar-refractivity contribution in [2.75, 3.05) is 30.8 Å². The van der Waals surface area contributed by atoms with Gasteiger partial charge in [0.1, 0.15) is 12.4 Å². The molecule has 0 radical (unpaired) electrons. The zero-order valence-corrected chi connectivity index (χ0v) is 18.8. The van der Waals surface area contributed by atoms with Gasteiger partial charge in [-0.25, -0.2) is 8.42 Å². The number of nitrogens with one attached hydrogen (secondary N) is 1. The number of ether oxygens (including phenoxy) is 1. The standard InChI is InChI=1S/C22H30N2O4S/c1-16-15-17(7-12-20(16)24(5)29(6,26)27)21(25)23-13-14-28-19-10-8-18(9-11-19)22(2,3)4/h7-12,15H,13-14H2,1-6H3,(H,23,25). The lowest BCUT2D eigenvalue weighted by Crippen LogP contribution is -2.29. The predicted molar refractivity (Wildman–Crippen MR) is 117 cm³/mol. The van der Waals surface area contributed by atoms with Crippen LogP contribution in [0.2, 0.25) is 0 Å². The van der Waals surface area contributed by atoms with Gasteiger partial charge in [0.2, 0.25) is 10.0 Å². The van der Waals surface area contributed by atoms with E-state index in [-0.39, 0.29) is 11.3 Å². The molecule has 6 nitrogen and oxygen atoms in total. The maximum absolute atomic E-state index is 12.3. The van der Waals surface area contributed by atoms with Crippen LogP contribution in [0.4, 0.5) is 5.69 Å². The molecule has 0 saturated carbocycles. The fourth-order valence-corrected chi connectivity index (χ4v) is 3.38. The molecule has 0 aliphatic carbocycles. The van der Waals surface area contributed by atoms with Crippen molar-refractivity contribution >= 4 is 21.6 Å². The Kier molecular flexibility index (Phi) is 6.95. The van der Waals surface area contributed by atoms with Gasteiger partial charge in [-0.1, -0.05) is 32.9 Å². The third-order valence-electron chi connectivity index (χ3n) is 4.67. The lowest BCUT2D eigenvalue weighted by atomic mass is 9.87. The van der Waals surface area contributed by atoms with Crippen LogP contribution in [0.25, 0.3) is 0 Å². The number of carbonyl (C=O) groups is 1. The van der Waals surface area contributed by atoms with Gasteiger partial charge in [-0.2, -0.15) is 0 Å². The van der Waals surface area contributed by atoms with Gasteiger partial charge in [-0.15, -0.1) is 0 Å². The van der Waals surface area contributed by atoms with Crippen LogP contribution in [-0.2, 0) is 15.4 Å². The smallest absolute Gasteiger partial charge is 0.251 e. The van der Waals surface area contributed by atoms with Crippen LogP contribution in [0.15, 0.2) is 42.5 Å². The molecule has 1 amide bonds. The SMILES string of the molecule is Cc1cc(C(=O)NCCOc2ccc(C(C)(C)C)cc2)ccc1N(C)S(C)(=O)=O. The number of hydrogen-bond donors (Lipinski definition) is 1. The molecule has 158 valence electrons. The lowest BCUT2D eigenvalue weighted by Gasteiger charge is -2.19. The highest BCUT2D eigenvalue weighted by atomic mass is 32.2. The Labute approximate surface area is 173 Å². The summed E-state index contributed by atoms with van der Waals surface area (Å²) in [5.74, 6) is 0.532. The van der Waals surface area contributed by atoms with Crippen LogP contribution in [-0.4, -0.2) is 40.8 Å². The fourth-order valence-electron chi connectivity index (χ4n) is 2.82. The van der Waals surface area contributed by atoms with Gasteiger partial charge in [0, 0.05) is 12.6 Å². The second kappa shape index (κ2) is 8.86. The number of sulfonamides is 1. The maximum Gasteiger partial charge on any atom is 0.251 e. The minimum Gasteiger partial charge on any atom is -0.492 e. The first-order valence-corrected chi connectivity index (χ1v) is 11.3. The number of hydrogen-bond acceptors (Lipinski definition) is 4. The van der Waals surface area contributed by atoms with Crippen molar-refractivity contribution < 1.29 is 17.9 Å². The molecule has 1 N–H and O–H groups in total. The van der Waals surface area contributed by atoms with E-state index in [1.807, 2.05) is 24.3 Å². The van der Waals surface area contributed by atoms with Crippen LogP contribution >= 0.6 is 0 Å². The van der Waals surface area contributed by atoms with E-state index in [1.54, 1.807) is 25.1 Å². The Morgan fingerprint density at radius 2 is 1.72 bits per heavy atom. The molecule has 2 rings (SSSR count). The Hall–Kier alpha value is -2.54. The number of anilines is 1. The highest BCUT2D eigenvalue weighted by molar-refractivity contribution is 7.92. The molecule has 0 bridgehead atoms. The number of aryl methyl sites for hydroxylation is 1. The summed E-state index contributed by atoms with van der Waals surface area (Å²) in [7, 11) is -1.86. The van der Waals surface area contributed by atoms with Gasteiger partial charge in [0.15, 0.2) is 0 Å². The van der Waals surface area contributed by atoms with E-state index in [0.717, 1.165) is 12.0 Å². The first-order chi connectivity index (χ1) is 13.4. The van der Waals surface area contributed by atoms with Gasteiger partial charge in [0.05, 0.1) is 18.5 Å². The van der Waals surface area contributed by atoms with E-state index in [1.165, 1.54) is 16.9 Å². The van der Waals surface area contributed by atoms with E-state index in [4.69, 9.17) is 4.74 Å². The molecule has 0 spiro atoms. The van der Waals surface area contributed by atoms with Gasteiger partial charge < -0.3 is 10.1 Å². The molecule has 0 heterocycles. The van der Waals surface area contributed by atoms with E-state index >= 15 is 0 Å². The van der Waals surface area contributed by atoms with Gasteiger partial charge >= 0.3 is 0 Å². The van der Waals surface area contributed by atoms with Crippen LogP contribution in [0, 0.1) is 6.92 Å². The number of nitrogens with zero attached hydrogens (tertiary/aromatic N) is 1. The van der Waals surface area contributed by atoms with E-state index in [2.05, 4.69) is 26.1 Å². The highest BCUT2D eigenvalue weighted by Crippen LogP contribution is 2.24. The maximum atomic E-state index is 12.3. The van der Waals surface area contributed by atoms with Gasteiger partial charge in [-0.05, 0) is 53.8 Å². The highest BCUT2D eigenvalue weighted by Gasteiger charge is 2.16. The summed E-state index contributed by atoms with van der Waals surface area (Å²) in [6, 6.07) is 12.9. The van der Waals surface area contributed by atoms with Crippen molar-refractivity contribution in [3.63, 3.8) is 0 Å². The Morgan fingerprint density at radius 3 is 2.24 bits per heavy atom. The normalized spacial score (nSPS) is 11.8. The second-order valence-electron chi connectivity index (χ2n) is 8.11. The summed E-state index contributed by atoms with van der Waals surface area (Å²) in [5.41, 5.74) is 3.06. The van der Waals surface area contributed by atoms with Crippen molar-refractivity contribution in [2.24, 2.45) is 0 Å². The quantitative estimate of drug-likeness (QED) is 0.699. The van der Waals surface area contributed by atoms with E-state index in [0.29, 0.717) is 30.0 Å². The third-order valence-corrected chi connectivity index (χ3v) is 5.86. The first-order valence-electron chi connectivity index (χ1n) is 9.45. The Balaban J connectivity index is 1.89. The van der Waals surface area contributed by atoms with Crippen LogP contribution in [0.5, 0.6) is 5.75 Å². The lowest BCUT2D eigenvalue weighted by molar-refractivity contribution is 0.0947. The average molecular weight is 419 g/mol. The third kappa shape index (κ3) is 6.22. The molecule has 7 heteroatoms. The number of carbonyl (C=O) groups excluding carboxylic acids is 1. The molecule has 0 saturated heterocycles. The minimum atomic E-state index is -3.35. The molecule has 0 aliphatic rings. The van der Waals surface area contributed by atoms with Crippen molar-refractivity contribution in [1.29, 1.82) is 0 Å². The van der Waals surface area contributed by atoms with Gasteiger partial charge in [0.25, 0.3) is 5.91 Å². The summed E-state index contributed by atoms with van der Waals surface area (Å²) < 4.78 is 30.3. The zero-order chi connectivity index (χ0) is 21.8. The summed E-state index contributed by atoms with van der Waals surface area (Å²) in [5, 5.41) is 2.82. The molecular formula is C22H30N2O4S. The van der Waals surface area contributed by atoms with Crippen molar-refractivity contribution in [3.05, 3.63) is 59.2 Å². The molecule has 29 heavy (non-hydrogen) atoms. The Bertz CT molecular complexity index is 961.